The van der Waals surface area contributed by atoms with Gasteiger partial charge in [-0.05, 0) is 36.8 Å². The lowest BCUT2D eigenvalue weighted by atomic mass is 10.1. The first-order valence-electron chi connectivity index (χ1n) is 9.19. The number of thiazole rings is 1. The van der Waals surface area contributed by atoms with Crippen molar-refractivity contribution in [2.45, 2.75) is 23.6 Å². The van der Waals surface area contributed by atoms with Gasteiger partial charge in [0, 0.05) is 34.1 Å². The van der Waals surface area contributed by atoms with Crippen LogP contribution in [-0.4, -0.2) is 20.4 Å². The molecule has 0 aliphatic rings. The highest BCUT2D eigenvalue weighted by molar-refractivity contribution is 7.98. The lowest BCUT2D eigenvalue weighted by Crippen LogP contribution is -2.27. The largest absolute Gasteiger partial charge is 0.345 e. The van der Waals surface area contributed by atoms with Crippen LogP contribution in [0.5, 0.6) is 0 Å². The third-order valence-corrected chi connectivity index (χ3v) is 6.28. The van der Waals surface area contributed by atoms with E-state index in [1.807, 2.05) is 77.1 Å². The molecule has 0 aliphatic heterocycles. The molecule has 1 atom stereocenters. The summed E-state index contributed by atoms with van der Waals surface area (Å²) in [6.45, 7) is 2.00. The molecular formula is C22H20N4OS2. The van der Waals surface area contributed by atoms with Gasteiger partial charge in [-0.1, -0.05) is 24.3 Å². The van der Waals surface area contributed by atoms with E-state index in [2.05, 4.69) is 15.3 Å². The fraction of sp³-hybridized carbons (Fsp3) is 0.136. The zero-order chi connectivity index (χ0) is 20.1. The molecule has 0 saturated heterocycles. The molecule has 0 saturated carbocycles. The van der Waals surface area contributed by atoms with Crippen LogP contribution in [0.2, 0.25) is 0 Å². The molecule has 2 aromatic carbocycles. The molecule has 2 heterocycles. The van der Waals surface area contributed by atoms with E-state index in [1.54, 1.807) is 35.6 Å². The summed E-state index contributed by atoms with van der Waals surface area (Å²) in [6.07, 6.45) is 5.42. The number of thioether (sulfide) groups is 1. The number of amides is 1. The van der Waals surface area contributed by atoms with Gasteiger partial charge in [-0.2, -0.15) is 0 Å². The molecule has 5 nitrogen and oxygen atoms in total. The first kappa shape index (κ1) is 19.4. The lowest BCUT2D eigenvalue weighted by Gasteiger charge is -2.16. The highest BCUT2D eigenvalue weighted by atomic mass is 32.2. The molecule has 4 aromatic rings. The van der Waals surface area contributed by atoms with E-state index in [9.17, 15) is 4.79 Å². The van der Waals surface area contributed by atoms with Gasteiger partial charge in [0.15, 0.2) is 0 Å². The van der Waals surface area contributed by atoms with Gasteiger partial charge < -0.3 is 9.88 Å². The first-order valence-corrected chi connectivity index (χ1v) is 11.1. The summed E-state index contributed by atoms with van der Waals surface area (Å²) in [5, 5.41) is 5.15. The van der Waals surface area contributed by atoms with Gasteiger partial charge in [0.25, 0.3) is 5.91 Å². The standard InChI is InChI=1S/C22H20N4OS2/c1-16(17-6-8-19(9-7-17)26-11-10-23-14-26)25-22(27)20-4-2-3-5-21(20)29-13-18-12-28-15-24-18/h2-12,14-16H,13H2,1H3,(H,25,27). The van der Waals surface area contributed by atoms with Crippen LogP contribution in [0.25, 0.3) is 5.69 Å². The molecule has 2 aromatic heterocycles. The van der Waals surface area contributed by atoms with Gasteiger partial charge in [0.2, 0.25) is 0 Å². The van der Waals surface area contributed by atoms with E-state index < -0.39 is 0 Å². The Morgan fingerprint density at radius 2 is 2.03 bits per heavy atom. The molecule has 146 valence electrons. The molecule has 0 radical (unpaired) electrons. The zero-order valence-corrected chi connectivity index (χ0v) is 17.5. The molecule has 1 N–H and O–H groups in total. The number of benzene rings is 2. The van der Waals surface area contributed by atoms with Crippen molar-refractivity contribution >= 4 is 29.0 Å². The van der Waals surface area contributed by atoms with E-state index >= 15 is 0 Å². The number of nitrogens with zero attached hydrogens (tertiary/aromatic N) is 3. The maximum absolute atomic E-state index is 12.9. The Kier molecular flexibility index (Phi) is 6.07. The average Bonchev–Trinajstić information content (AvgIpc) is 3.47. The lowest BCUT2D eigenvalue weighted by molar-refractivity contribution is 0.0937. The van der Waals surface area contributed by atoms with Gasteiger partial charge in [-0.25, -0.2) is 9.97 Å². The van der Waals surface area contributed by atoms with Crippen molar-refractivity contribution in [3.8, 4) is 5.69 Å². The Morgan fingerprint density at radius 1 is 1.21 bits per heavy atom. The average molecular weight is 421 g/mol. The molecule has 4 rings (SSSR count). The summed E-state index contributed by atoms with van der Waals surface area (Å²) >= 11 is 3.21. The molecule has 1 amide bonds. The van der Waals surface area contributed by atoms with Crippen molar-refractivity contribution in [2.75, 3.05) is 0 Å². The highest BCUT2D eigenvalue weighted by Crippen LogP contribution is 2.27. The maximum atomic E-state index is 12.9. The van der Waals surface area contributed by atoms with Gasteiger partial charge >= 0.3 is 0 Å². The minimum absolute atomic E-state index is 0.0717. The highest BCUT2D eigenvalue weighted by Gasteiger charge is 2.15. The van der Waals surface area contributed by atoms with Crippen LogP contribution in [0.4, 0.5) is 0 Å². The number of carbonyl (C=O) groups excluding carboxylic acids is 1. The molecule has 7 heteroatoms. The van der Waals surface area contributed by atoms with Crippen molar-refractivity contribution in [1.82, 2.24) is 19.9 Å². The topological polar surface area (TPSA) is 59.8 Å². The number of hydrogen-bond donors (Lipinski definition) is 1. The summed E-state index contributed by atoms with van der Waals surface area (Å²) in [5.41, 5.74) is 5.63. The second kappa shape index (κ2) is 9.07. The van der Waals surface area contributed by atoms with Crippen LogP contribution < -0.4 is 5.32 Å². The Bertz CT molecular complexity index is 1060. The summed E-state index contributed by atoms with van der Waals surface area (Å²) in [7, 11) is 0. The summed E-state index contributed by atoms with van der Waals surface area (Å²) in [5.74, 6) is 0.677. The second-order valence-corrected chi connectivity index (χ2v) is 8.26. The first-order chi connectivity index (χ1) is 14.2. The molecular weight excluding hydrogens is 400 g/mol. The van der Waals surface area contributed by atoms with Crippen molar-refractivity contribution in [2.24, 2.45) is 0 Å². The fourth-order valence-corrected chi connectivity index (χ4v) is 4.56. The predicted octanol–water partition coefficient (Wildman–Crippen LogP) is 5.11. The monoisotopic (exact) mass is 420 g/mol. The van der Waals surface area contributed by atoms with Crippen LogP contribution in [0.3, 0.4) is 0 Å². The summed E-state index contributed by atoms with van der Waals surface area (Å²) < 4.78 is 1.95. The number of carbonyl (C=O) groups is 1. The van der Waals surface area contributed by atoms with Crippen LogP contribution in [0.1, 0.15) is 34.6 Å². The van der Waals surface area contributed by atoms with E-state index in [0.29, 0.717) is 5.56 Å². The Morgan fingerprint density at radius 3 is 2.76 bits per heavy atom. The maximum Gasteiger partial charge on any atom is 0.252 e. The van der Waals surface area contributed by atoms with Gasteiger partial charge in [0.05, 0.1) is 29.1 Å². The number of hydrogen-bond acceptors (Lipinski definition) is 5. The third kappa shape index (κ3) is 4.75. The molecule has 1 unspecified atom stereocenters. The Balaban J connectivity index is 1.43. The smallest absolute Gasteiger partial charge is 0.252 e. The van der Waals surface area contributed by atoms with Crippen molar-refractivity contribution in [3.63, 3.8) is 0 Å². The minimum Gasteiger partial charge on any atom is -0.345 e. The number of rotatable bonds is 7. The second-order valence-electron chi connectivity index (χ2n) is 6.52. The van der Waals surface area contributed by atoms with Gasteiger partial charge in [-0.15, -0.1) is 23.1 Å². The predicted molar refractivity (Wildman–Crippen MR) is 118 cm³/mol. The molecule has 0 spiro atoms. The van der Waals surface area contributed by atoms with Crippen molar-refractivity contribution in [3.05, 3.63) is 95.0 Å². The minimum atomic E-state index is -0.101. The summed E-state index contributed by atoms with van der Waals surface area (Å²) in [4.78, 5) is 22.3. The normalized spacial score (nSPS) is 11.9. The van der Waals surface area contributed by atoms with E-state index in [0.717, 1.165) is 27.6 Å². The number of aromatic nitrogens is 3. The Hall–Kier alpha value is -2.90. The summed E-state index contributed by atoms with van der Waals surface area (Å²) in [6, 6.07) is 15.7. The van der Waals surface area contributed by atoms with E-state index in [-0.39, 0.29) is 11.9 Å². The zero-order valence-electron chi connectivity index (χ0n) is 15.9. The number of nitrogens with one attached hydrogen (secondary N) is 1. The van der Waals surface area contributed by atoms with Gasteiger partial charge in [0.1, 0.15) is 0 Å². The fourth-order valence-electron chi connectivity index (χ4n) is 2.95. The third-order valence-electron chi connectivity index (χ3n) is 4.53. The quantitative estimate of drug-likeness (QED) is 0.422. The molecule has 29 heavy (non-hydrogen) atoms. The Labute approximate surface area is 177 Å². The van der Waals surface area contributed by atoms with Crippen molar-refractivity contribution < 1.29 is 4.79 Å². The van der Waals surface area contributed by atoms with E-state index in [1.165, 1.54) is 0 Å². The van der Waals surface area contributed by atoms with Crippen molar-refractivity contribution in [1.29, 1.82) is 0 Å². The SMILES string of the molecule is CC(NC(=O)c1ccccc1SCc1cscn1)c1ccc(-n2ccnc2)cc1. The van der Waals surface area contributed by atoms with E-state index in [4.69, 9.17) is 0 Å². The number of imidazole rings is 1. The molecule has 0 aliphatic carbocycles. The van der Waals surface area contributed by atoms with Crippen LogP contribution in [0, 0.1) is 0 Å². The van der Waals surface area contributed by atoms with Crippen LogP contribution >= 0.6 is 23.1 Å². The molecule has 0 bridgehead atoms. The van der Waals surface area contributed by atoms with Gasteiger partial charge in [-0.3, -0.25) is 4.79 Å². The van der Waals surface area contributed by atoms with Crippen LogP contribution in [0.15, 0.2) is 83.0 Å². The van der Waals surface area contributed by atoms with Crippen LogP contribution in [-0.2, 0) is 5.75 Å². The molecule has 0 fully saturated rings.